The van der Waals surface area contributed by atoms with Gasteiger partial charge >= 0.3 is 0 Å². The molecule has 0 bridgehead atoms. The lowest BCUT2D eigenvalue weighted by Gasteiger charge is -2.30. The Morgan fingerprint density at radius 1 is 1.26 bits per heavy atom. The zero-order valence-electron chi connectivity index (χ0n) is 17.1. The molecule has 0 radical (unpaired) electrons. The maximum absolute atomic E-state index is 11.0. The van der Waals surface area contributed by atoms with Gasteiger partial charge in [0.1, 0.15) is 10.2 Å². The molecule has 1 aromatic heterocycles. The quantitative estimate of drug-likeness (QED) is 0.420. The first kappa shape index (κ1) is 20.2. The van der Waals surface area contributed by atoms with Crippen LogP contribution in [0.5, 0.6) is 0 Å². The average molecular weight is 457 g/mol. The molecule has 4 heterocycles. The van der Waals surface area contributed by atoms with E-state index in [-0.39, 0.29) is 10.6 Å². The number of aliphatic imine (C=N–C) groups is 1. The Kier molecular flexibility index (Phi) is 4.84. The molecule has 5 rings (SSSR count). The number of hydrogen-bond donors (Lipinski definition) is 2. The van der Waals surface area contributed by atoms with Gasteiger partial charge < -0.3 is 15.5 Å². The molecular formula is C21H21ClN6O2S. The number of nitro groups is 1. The van der Waals surface area contributed by atoms with Crippen LogP contribution in [0, 0.1) is 10.1 Å². The van der Waals surface area contributed by atoms with Crippen LogP contribution in [0.4, 0.5) is 11.4 Å². The van der Waals surface area contributed by atoms with Crippen molar-refractivity contribution in [2.24, 2.45) is 9.98 Å². The normalized spacial score (nSPS) is 22.5. The molecule has 1 fully saturated rings. The van der Waals surface area contributed by atoms with Gasteiger partial charge in [-0.2, -0.15) is 0 Å². The number of thiophene rings is 1. The fourth-order valence-corrected chi connectivity index (χ4v) is 5.80. The van der Waals surface area contributed by atoms with Crippen molar-refractivity contribution in [3.63, 3.8) is 0 Å². The highest BCUT2D eigenvalue weighted by Crippen LogP contribution is 2.36. The van der Waals surface area contributed by atoms with E-state index in [2.05, 4.69) is 33.5 Å². The summed E-state index contributed by atoms with van der Waals surface area (Å²) in [6.45, 7) is 7.65. The minimum Gasteiger partial charge on any atom is -0.353 e. The summed E-state index contributed by atoms with van der Waals surface area (Å²) in [5.41, 5.74) is 3.45. The molecule has 10 heteroatoms. The zero-order chi connectivity index (χ0) is 21.8. The number of amidine groups is 1. The lowest BCUT2D eigenvalue weighted by atomic mass is 9.87. The second-order valence-corrected chi connectivity index (χ2v) is 9.32. The fourth-order valence-electron chi connectivity index (χ4n) is 4.31. The number of anilines is 1. The molecule has 8 nitrogen and oxygen atoms in total. The van der Waals surface area contributed by atoms with Crippen LogP contribution in [0.25, 0.3) is 11.4 Å². The molecule has 0 spiro atoms. The third kappa shape index (κ3) is 3.42. The third-order valence-corrected chi connectivity index (χ3v) is 7.09. The van der Waals surface area contributed by atoms with Gasteiger partial charge in [0.2, 0.25) is 5.29 Å². The topological polar surface area (TPSA) is 95.2 Å². The van der Waals surface area contributed by atoms with Gasteiger partial charge in [0, 0.05) is 43.9 Å². The van der Waals surface area contributed by atoms with Crippen LogP contribution < -0.4 is 19.8 Å². The molecule has 2 N–H and O–H groups in total. The van der Waals surface area contributed by atoms with Crippen molar-refractivity contribution >= 4 is 51.0 Å². The molecule has 160 valence electrons. The number of hydrogen-bond acceptors (Lipinski definition) is 8. The molecular weight excluding hydrogens is 436 g/mol. The third-order valence-electron chi connectivity index (χ3n) is 5.83. The minimum absolute atomic E-state index is 0.0717. The number of nitrogens with zero attached hydrogens (tertiary/aromatic N) is 4. The lowest BCUT2D eigenvalue weighted by Crippen LogP contribution is -2.44. The standard InChI is InChI=1S/C21H21ClN6O2S/c1-12-11-21(2,13-3-5-14(6-4-13)28(29)30)26-19-15(12)16-17(31-19)18(25-20(22)24-16)27-9-7-23-8-10-27/h3-6,11,23H,7-10H2,1-2H3,(H,24,25). The molecule has 1 saturated heterocycles. The number of fused-ring (bicyclic) bond motifs is 3. The van der Waals surface area contributed by atoms with E-state index in [9.17, 15) is 10.1 Å². The molecule has 1 unspecified atom stereocenters. The van der Waals surface area contributed by atoms with Crippen LogP contribution in [0.1, 0.15) is 25.0 Å². The maximum Gasteiger partial charge on any atom is 0.269 e. The highest BCUT2D eigenvalue weighted by molar-refractivity contribution is 7.08. The molecule has 0 amide bonds. The predicted molar refractivity (Wildman–Crippen MR) is 124 cm³/mol. The Morgan fingerprint density at radius 3 is 2.65 bits per heavy atom. The van der Waals surface area contributed by atoms with E-state index in [1.54, 1.807) is 23.5 Å². The lowest BCUT2D eigenvalue weighted by molar-refractivity contribution is -0.384. The molecule has 2 aromatic rings. The van der Waals surface area contributed by atoms with Gasteiger partial charge in [0.25, 0.3) is 5.69 Å². The molecule has 0 aliphatic carbocycles. The van der Waals surface area contributed by atoms with E-state index < -0.39 is 5.54 Å². The molecule has 1 aromatic carbocycles. The maximum atomic E-state index is 11.0. The van der Waals surface area contributed by atoms with Crippen molar-refractivity contribution in [3.05, 3.63) is 60.8 Å². The number of non-ortho nitro benzene ring substituents is 1. The minimum atomic E-state index is -0.612. The van der Waals surface area contributed by atoms with Crippen LogP contribution in [0.3, 0.4) is 0 Å². The summed E-state index contributed by atoms with van der Waals surface area (Å²) >= 11 is 7.98. The fraction of sp³-hybridized carbons (Fsp3) is 0.333. The number of rotatable bonds is 3. The van der Waals surface area contributed by atoms with Crippen LogP contribution in [0.2, 0.25) is 0 Å². The largest absolute Gasteiger partial charge is 0.353 e. The first-order valence-electron chi connectivity index (χ1n) is 10.0. The molecule has 3 aliphatic heterocycles. The summed E-state index contributed by atoms with van der Waals surface area (Å²) < 4.78 is 1.95. The van der Waals surface area contributed by atoms with Gasteiger partial charge in [-0.1, -0.05) is 0 Å². The van der Waals surface area contributed by atoms with E-state index in [1.807, 2.05) is 6.92 Å². The van der Waals surface area contributed by atoms with Gasteiger partial charge in [0.05, 0.1) is 15.1 Å². The second kappa shape index (κ2) is 7.44. The summed E-state index contributed by atoms with van der Waals surface area (Å²) in [5, 5.41) is 18.0. The summed E-state index contributed by atoms with van der Waals surface area (Å²) in [7, 11) is 0. The zero-order valence-corrected chi connectivity index (χ0v) is 18.7. The van der Waals surface area contributed by atoms with Gasteiger partial charge in [-0.05, 0) is 54.8 Å². The van der Waals surface area contributed by atoms with E-state index in [1.165, 1.54) is 12.1 Å². The number of halogens is 1. The van der Waals surface area contributed by atoms with Gasteiger partial charge in [-0.25, -0.2) is 4.99 Å². The number of piperazine rings is 1. The highest BCUT2D eigenvalue weighted by atomic mass is 35.5. The van der Waals surface area contributed by atoms with Crippen molar-refractivity contribution in [3.8, 4) is 0 Å². The SMILES string of the molecule is CC1=CC(C)(c2ccc([N+](=O)[O-])cc2)N=c2sc3c(c21)NC(Cl)=NC=3N1CCNCC1. The highest BCUT2D eigenvalue weighted by Gasteiger charge is 2.31. The molecule has 1 atom stereocenters. The van der Waals surface area contributed by atoms with E-state index in [0.717, 1.165) is 63.6 Å². The molecule has 3 aliphatic rings. The number of nitrogens with one attached hydrogen (secondary N) is 2. The van der Waals surface area contributed by atoms with E-state index in [4.69, 9.17) is 16.6 Å². The van der Waals surface area contributed by atoms with Crippen molar-refractivity contribution in [1.29, 1.82) is 0 Å². The number of benzene rings is 1. The van der Waals surface area contributed by atoms with Gasteiger partial charge in [0.15, 0.2) is 5.82 Å². The van der Waals surface area contributed by atoms with Crippen LogP contribution >= 0.6 is 22.9 Å². The predicted octanol–water partition coefficient (Wildman–Crippen LogP) is 2.60. The Morgan fingerprint density at radius 2 is 1.97 bits per heavy atom. The molecule has 0 saturated carbocycles. The summed E-state index contributed by atoms with van der Waals surface area (Å²) in [4.78, 5) is 22.6. The van der Waals surface area contributed by atoms with E-state index >= 15 is 0 Å². The van der Waals surface area contributed by atoms with Crippen molar-refractivity contribution in [1.82, 2.24) is 10.2 Å². The Hall–Kier alpha value is -2.75. The average Bonchev–Trinajstić information content (AvgIpc) is 3.11. The Labute approximate surface area is 187 Å². The van der Waals surface area contributed by atoms with E-state index in [0.29, 0.717) is 5.29 Å². The smallest absolute Gasteiger partial charge is 0.269 e. The van der Waals surface area contributed by atoms with Crippen molar-refractivity contribution < 1.29 is 4.92 Å². The first-order valence-corrected chi connectivity index (χ1v) is 11.2. The second-order valence-electron chi connectivity index (χ2n) is 7.97. The number of allylic oxidation sites excluding steroid dienone is 1. The van der Waals surface area contributed by atoms with Crippen LogP contribution in [0.15, 0.2) is 40.3 Å². The summed E-state index contributed by atoms with van der Waals surface area (Å²) in [6, 6.07) is 6.61. The first-order chi connectivity index (χ1) is 14.9. The summed E-state index contributed by atoms with van der Waals surface area (Å²) in [6.07, 6.45) is 2.11. The van der Waals surface area contributed by atoms with Crippen LogP contribution in [-0.4, -0.2) is 41.3 Å². The Bertz CT molecular complexity index is 1260. The van der Waals surface area contributed by atoms with Gasteiger partial charge in [-0.15, -0.1) is 11.3 Å². The monoisotopic (exact) mass is 456 g/mol. The van der Waals surface area contributed by atoms with Crippen LogP contribution in [-0.2, 0) is 5.54 Å². The Balaban J connectivity index is 1.66. The summed E-state index contributed by atoms with van der Waals surface area (Å²) in [5.74, 6) is 0.889. The van der Waals surface area contributed by atoms with Crippen molar-refractivity contribution in [2.45, 2.75) is 19.4 Å². The van der Waals surface area contributed by atoms with Crippen molar-refractivity contribution in [2.75, 3.05) is 31.5 Å². The number of nitro benzene ring substituents is 1. The molecule has 31 heavy (non-hydrogen) atoms. The van der Waals surface area contributed by atoms with Gasteiger partial charge in [-0.3, -0.25) is 15.1 Å².